The van der Waals surface area contributed by atoms with E-state index in [0.29, 0.717) is 36.4 Å². The molecule has 28 heavy (non-hydrogen) atoms. The van der Waals surface area contributed by atoms with Gasteiger partial charge in [-0.05, 0) is 44.5 Å². The van der Waals surface area contributed by atoms with E-state index < -0.39 is 5.60 Å². The number of piperidine rings is 1. The third-order valence-corrected chi connectivity index (χ3v) is 5.62. The summed E-state index contributed by atoms with van der Waals surface area (Å²) in [6.07, 6.45) is 2.79. The Morgan fingerprint density at radius 1 is 1.21 bits per heavy atom. The first-order chi connectivity index (χ1) is 13.4. The molecule has 1 saturated heterocycles. The lowest BCUT2D eigenvalue weighted by Gasteiger charge is -2.36. The van der Waals surface area contributed by atoms with Gasteiger partial charge in [0.1, 0.15) is 12.2 Å². The maximum Gasteiger partial charge on any atom is 0.281 e. The molecule has 3 N–H and O–H groups in total. The van der Waals surface area contributed by atoms with Gasteiger partial charge in [-0.25, -0.2) is 9.97 Å². The molecule has 2 aromatic heterocycles. The third-order valence-electron chi connectivity index (χ3n) is 5.62. The number of nitrogens with two attached hydrogens (primary N) is 1. The summed E-state index contributed by atoms with van der Waals surface area (Å²) in [6, 6.07) is 7.81. The number of rotatable bonds is 4. The molecule has 3 aromatic rings. The topological polar surface area (TPSA) is 102 Å². The second-order valence-corrected chi connectivity index (χ2v) is 7.74. The number of aliphatic hydroxyl groups is 1. The van der Waals surface area contributed by atoms with E-state index >= 15 is 0 Å². The molecule has 0 saturated carbocycles. The molecular formula is C20H26N6O2. The second kappa shape index (κ2) is 7.12. The van der Waals surface area contributed by atoms with Crippen LogP contribution in [0.25, 0.3) is 16.9 Å². The zero-order valence-electron chi connectivity index (χ0n) is 16.3. The van der Waals surface area contributed by atoms with Gasteiger partial charge in [-0.15, -0.1) is 0 Å². The molecule has 8 nitrogen and oxygen atoms in total. The Morgan fingerprint density at radius 3 is 2.54 bits per heavy atom. The van der Waals surface area contributed by atoms with Crippen molar-refractivity contribution in [1.29, 1.82) is 0 Å². The summed E-state index contributed by atoms with van der Waals surface area (Å²) in [6.45, 7) is 4.19. The van der Waals surface area contributed by atoms with Gasteiger partial charge < -0.3 is 15.7 Å². The van der Waals surface area contributed by atoms with Crippen LogP contribution in [0.2, 0.25) is 0 Å². The fourth-order valence-electron chi connectivity index (χ4n) is 3.81. The molecule has 0 radical (unpaired) electrons. The molecule has 3 heterocycles. The summed E-state index contributed by atoms with van der Waals surface area (Å²) in [7, 11) is 2.04. The molecule has 1 fully saturated rings. The lowest BCUT2D eigenvalue weighted by Crippen LogP contribution is -2.47. The first kappa shape index (κ1) is 18.8. The number of hydrogen-bond acceptors (Lipinski definition) is 6. The molecule has 0 unspecified atom stereocenters. The van der Waals surface area contributed by atoms with Gasteiger partial charge >= 0.3 is 0 Å². The van der Waals surface area contributed by atoms with E-state index in [2.05, 4.69) is 14.9 Å². The van der Waals surface area contributed by atoms with Gasteiger partial charge in [0.05, 0.1) is 12.1 Å². The number of fused-ring (bicyclic) bond motifs is 1. The summed E-state index contributed by atoms with van der Waals surface area (Å²) in [5, 5.41) is 10.9. The van der Waals surface area contributed by atoms with Crippen molar-refractivity contribution in [3.8, 4) is 5.69 Å². The van der Waals surface area contributed by atoms with E-state index in [9.17, 15) is 9.90 Å². The molecule has 148 valence electrons. The predicted molar refractivity (Wildman–Crippen MR) is 107 cm³/mol. The number of nitrogens with zero attached hydrogens (tertiary/aromatic N) is 5. The smallest absolute Gasteiger partial charge is 0.281 e. The minimum atomic E-state index is -0.888. The third kappa shape index (κ3) is 3.34. The fraction of sp³-hybridized carbons (Fsp3) is 0.450. The molecular weight excluding hydrogens is 356 g/mol. The van der Waals surface area contributed by atoms with Crippen LogP contribution >= 0.6 is 0 Å². The highest BCUT2D eigenvalue weighted by atomic mass is 16.3. The largest absolute Gasteiger partial charge is 0.388 e. The highest BCUT2D eigenvalue weighted by molar-refractivity contribution is 5.72. The van der Waals surface area contributed by atoms with Gasteiger partial charge in [0.15, 0.2) is 11.2 Å². The maximum absolute atomic E-state index is 13.0. The average molecular weight is 382 g/mol. The standard InChI is InChI=1S/C20H26N6O2/c1-14-23-17-18(26(14)16-5-3-15(11-21)4-6-16)22-13-25(19(17)27)12-20(28)7-9-24(2)10-8-20/h3-6,13,28H,7-12,21H2,1-2H3. The van der Waals surface area contributed by atoms with Crippen molar-refractivity contribution >= 4 is 11.2 Å². The molecule has 0 bridgehead atoms. The molecule has 0 spiro atoms. The summed E-state index contributed by atoms with van der Waals surface area (Å²) < 4.78 is 3.35. The van der Waals surface area contributed by atoms with Crippen LogP contribution in [0.1, 0.15) is 24.2 Å². The Bertz CT molecular complexity index is 1040. The Hall–Kier alpha value is -2.55. The molecule has 0 atom stereocenters. The van der Waals surface area contributed by atoms with Gasteiger partial charge in [0, 0.05) is 25.3 Å². The van der Waals surface area contributed by atoms with Crippen molar-refractivity contribution in [3.63, 3.8) is 0 Å². The van der Waals surface area contributed by atoms with Crippen molar-refractivity contribution in [3.05, 3.63) is 52.3 Å². The Kier molecular flexibility index (Phi) is 4.78. The van der Waals surface area contributed by atoms with Crippen molar-refractivity contribution in [2.24, 2.45) is 5.73 Å². The van der Waals surface area contributed by atoms with Gasteiger partial charge in [0.2, 0.25) is 0 Å². The SMILES string of the molecule is Cc1nc2c(=O)n(CC3(O)CCN(C)CC3)cnc2n1-c1ccc(CN)cc1. The minimum Gasteiger partial charge on any atom is -0.388 e. The van der Waals surface area contributed by atoms with Crippen LogP contribution in [0.3, 0.4) is 0 Å². The van der Waals surface area contributed by atoms with Crippen molar-refractivity contribution in [1.82, 2.24) is 24.0 Å². The zero-order chi connectivity index (χ0) is 19.9. The van der Waals surface area contributed by atoms with Gasteiger partial charge in [-0.1, -0.05) is 12.1 Å². The molecule has 8 heteroatoms. The zero-order valence-corrected chi connectivity index (χ0v) is 16.3. The van der Waals surface area contributed by atoms with Crippen molar-refractivity contribution in [2.75, 3.05) is 20.1 Å². The molecule has 0 aliphatic carbocycles. The summed E-state index contributed by atoms with van der Waals surface area (Å²) in [5.41, 5.74) is 7.32. The van der Waals surface area contributed by atoms with Gasteiger partial charge in [-0.3, -0.25) is 13.9 Å². The van der Waals surface area contributed by atoms with E-state index in [-0.39, 0.29) is 12.1 Å². The van der Waals surface area contributed by atoms with E-state index in [1.165, 1.54) is 10.9 Å². The van der Waals surface area contributed by atoms with Crippen molar-refractivity contribution < 1.29 is 5.11 Å². The number of likely N-dealkylation sites (tertiary alicyclic amines) is 1. The number of hydrogen-bond donors (Lipinski definition) is 2. The molecule has 1 aromatic carbocycles. The van der Waals surface area contributed by atoms with E-state index in [0.717, 1.165) is 24.3 Å². The summed E-state index contributed by atoms with van der Waals surface area (Å²) in [4.78, 5) is 24.2. The van der Waals surface area contributed by atoms with Crippen LogP contribution in [0, 0.1) is 6.92 Å². The Morgan fingerprint density at radius 2 is 1.89 bits per heavy atom. The van der Waals surface area contributed by atoms with Gasteiger partial charge in [-0.2, -0.15) is 0 Å². The van der Waals surface area contributed by atoms with Crippen LogP contribution in [-0.4, -0.2) is 54.8 Å². The molecule has 0 amide bonds. The quantitative estimate of drug-likeness (QED) is 0.692. The summed E-state index contributed by atoms with van der Waals surface area (Å²) in [5.74, 6) is 0.691. The number of imidazole rings is 1. The van der Waals surface area contributed by atoms with Crippen LogP contribution in [0.4, 0.5) is 0 Å². The van der Waals surface area contributed by atoms with Gasteiger partial charge in [0.25, 0.3) is 5.56 Å². The van der Waals surface area contributed by atoms with E-state index in [1.807, 2.05) is 42.8 Å². The van der Waals surface area contributed by atoms with Crippen LogP contribution in [0.15, 0.2) is 35.4 Å². The number of benzene rings is 1. The van der Waals surface area contributed by atoms with E-state index in [4.69, 9.17) is 5.73 Å². The monoisotopic (exact) mass is 382 g/mol. The van der Waals surface area contributed by atoms with Crippen LogP contribution < -0.4 is 11.3 Å². The minimum absolute atomic E-state index is 0.224. The molecule has 1 aliphatic heterocycles. The predicted octanol–water partition coefficient (Wildman–Crippen LogP) is 0.806. The Balaban J connectivity index is 1.71. The lowest BCUT2D eigenvalue weighted by atomic mass is 9.91. The van der Waals surface area contributed by atoms with Crippen molar-refractivity contribution in [2.45, 2.75) is 38.5 Å². The highest BCUT2D eigenvalue weighted by Gasteiger charge is 2.32. The average Bonchev–Trinajstić information content (AvgIpc) is 3.04. The van der Waals surface area contributed by atoms with Crippen LogP contribution in [-0.2, 0) is 13.1 Å². The first-order valence-corrected chi connectivity index (χ1v) is 9.55. The summed E-state index contributed by atoms with van der Waals surface area (Å²) >= 11 is 0. The molecule has 4 rings (SSSR count). The number of aryl methyl sites for hydroxylation is 1. The van der Waals surface area contributed by atoms with E-state index in [1.54, 1.807) is 0 Å². The molecule has 1 aliphatic rings. The normalized spacial score (nSPS) is 17.3. The number of aromatic nitrogens is 4. The fourth-order valence-corrected chi connectivity index (χ4v) is 3.81. The maximum atomic E-state index is 13.0. The lowest BCUT2D eigenvalue weighted by molar-refractivity contribution is -0.0298. The van der Waals surface area contributed by atoms with Crippen LogP contribution in [0.5, 0.6) is 0 Å². The Labute approximate surface area is 163 Å². The first-order valence-electron chi connectivity index (χ1n) is 9.55. The highest BCUT2D eigenvalue weighted by Crippen LogP contribution is 2.23. The second-order valence-electron chi connectivity index (χ2n) is 7.74.